The van der Waals surface area contributed by atoms with Gasteiger partial charge in [0.15, 0.2) is 5.82 Å². The topological polar surface area (TPSA) is 88.8 Å². The standard InChI is InChI=1S/C20H23N7O/c1-14-6-15(2)8-17(7-14)25-20(28)16-4-3-5-26(10-16)18-9-19(23-12-22-18)27-13-21-11-24-27/h6-9,11-13,16H,3-5,10H2,1-2H3,(H,25,28). The number of amides is 1. The first kappa shape index (κ1) is 18.1. The molecule has 1 aliphatic heterocycles. The smallest absolute Gasteiger partial charge is 0.229 e. The molecule has 1 N–H and O–H groups in total. The Hall–Kier alpha value is -3.29. The number of piperidine rings is 1. The Bertz CT molecular complexity index is 950. The van der Waals surface area contributed by atoms with Gasteiger partial charge in [-0.3, -0.25) is 4.79 Å². The van der Waals surface area contributed by atoms with Crippen LogP contribution in [-0.4, -0.2) is 43.7 Å². The van der Waals surface area contributed by atoms with Gasteiger partial charge in [0, 0.05) is 24.8 Å². The van der Waals surface area contributed by atoms with Crippen LogP contribution in [0.5, 0.6) is 0 Å². The number of rotatable bonds is 4. The molecule has 8 heteroatoms. The summed E-state index contributed by atoms with van der Waals surface area (Å²) in [7, 11) is 0. The molecule has 3 aromatic rings. The van der Waals surface area contributed by atoms with Crippen molar-refractivity contribution >= 4 is 17.4 Å². The molecule has 1 atom stereocenters. The van der Waals surface area contributed by atoms with E-state index in [1.54, 1.807) is 11.0 Å². The minimum atomic E-state index is -0.0839. The first-order valence-electron chi connectivity index (χ1n) is 9.39. The predicted octanol–water partition coefficient (Wildman–Crippen LogP) is 2.53. The molecule has 1 unspecified atom stereocenters. The molecule has 0 spiro atoms. The van der Waals surface area contributed by atoms with Crippen molar-refractivity contribution in [1.29, 1.82) is 0 Å². The highest BCUT2D eigenvalue weighted by molar-refractivity contribution is 5.93. The van der Waals surface area contributed by atoms with Gasteiger partial charge in [0.05, 0.1) is 5.92 Å². The average molecular weight is 377 g/mol. The zero-order valence-electron chi connectivity index (χ0n) is 16.0. The van der Waals surface area contributed by atoms with Gasteiger partial charge in [0.25, 0.3) is 0 Å². The minimum absolute atomic E-state index is 0.0558. The van der Waals surface area contributed by atoms with Crippen LogP contribution in [0.15, 0.2) is 43.2 Å². The molecule has 0 bridgehead atoms. The number of benzene rings is 1. The molecule has 1 aromatic carbocycles. The summed E-state index contributed by atoms with van der Waals surface area (Å²) < 4.78 is 1.60. The van der Waals surface area contributed by atoms with Gasteiger partial charge in [-0.15, -0.1) is 0 Å². The fraction of sp³-hybridized carbons (Fsp3) is 0.350. The van der Waals surface area contributed by atoms with Gasteiger partial charge in [-0.2, -0.15) is 5.10 Å². The molecule has 0 radical (unpaired) electrons. The Morgan fingerprint density at radius 2 is 1.86 bits per heavy atom. The Morgan fingerprint density at radius 1 is 1.07 bits per heavy atom. The van der Waals surface area contributed by atoms with E-state index in [-0.39, 0.29) is 11.8 Å². The highest BCUT2D eigenvalue weighted by Crippen LogP contribution is 2.24. The van der Waals surface area contributed by atoms with E-state index in [4.69, 9.17) is 0 Å². The lowest BCUT2D eigenvalue weighted by Gasteiger charge is -2.32. The van der Waals surface area contributed by atoms with Gasteiger partial charge < -0.3 is 10.2 Å². The van der Waals surface area contributed by atoms with Crippen molar-refractivity contribution in [2.24, 2.45) is 5.92 Å². The summed E-state index contributed by atoms with van der Waals surface area (Å²) in [6.45, 7) is 5.56. The van der Waals surface area contributed by atoms with Crippen LogP contribution >= 0.6 is 0 Å². The van der Waals surface area contributed by atoms with E-state index in [1.807, 2.05) is 32.0 Å². The number of aromatic nitrogens is 5. The molecule has 144 valence electrons. The van der Waals surface area contributed by atoms with E-state index in [9.17, 15) is 4.79 Å². The first-order chi connectivity index (χ1) is 13.6. The van der Waals surface area contributed by atoms with Gasteiger partial charge in [-0.05, 0) is 49.9 Å². The zero-order chi connectivity index (χ0) is 19.5. The van der Waals surface area contributed by atoms with E-state index >= 15 is 0 Å². The lowest BCUT2D eigenvalue weighted by molar-refractivity contribution is -0.120. The number of carbonyl (C=O) groups is 1. The predicted molar refractivity (Wildman–Crippen MR) is 106 cm³/mol. The van der Waals surface area contributed by atoms with Crippen LogP contribution in [0.1, 0.15) is 24.0 Å². The molecule has 2 aromatic heterocycles. The Balaban J connectivity index is 1.47. The molecule has 4 rings (SSSR count). The Kier molecular flexibility index (Phi) is 5.01. The summed E-state index contributed by atoms with van der Waals surface area (Å²) in [6.07, 6.45) is 6.39. The summed E-state index contributed by atoms with van der Waals surface area (Å²) >= 11 is 0. The SMILES string of the molecule is Cc1cc(C)cc(NC(=O)C2CCCN(c3cc(-n4cncn4)ncn3)C2)c1. The van der Waals surface area contributed by atoms with Crippen molar-refractivity contribution < 1.29 is 4.79 Å². The lowest BCUT2D eigenvalue weighted by atomic mass is 9.97. The highest BCUT2D eigenvalue weighted by Gasteiger charge is 2.27. The van der Waals surface area contributed by atoms with Crippen LogP contribution in [-0.2, 0) is 4.79 Å². The number of anilines is 2. The van der Waals surface area contributed by atoms with E-state index in [0.29, 0.717) is 12.4 Å². The first-order valence-corrected chi connectivity index (χ1v) is 9.39. The third kappa shape index (κ3) is 4.00. The quantitative estimate of drug-likeness (QED) is 0.752. The number of hydrogen-bond acceptors (Lipinski definition) is 6. The monoisotopic (exact) mass is 377 g/mol. The van der Waals surface area contributed by atoms with Gasteiger partial charge >= 0.3 is 0 Å². The van der Waals surface area contributed by atoms with E-state index in [2.05, 4.69) is 36.3 Å². The summed E-state index contributed by atoms with van der Waals surface area (Å²) in [6, 6.07) is 7.97. The number of carbonyl (C=O) groups excluding carboxylic acids is 1. The van der Waals surface area contributed by atoms with Crippen LogP contribution in [0.3, 0.4) is 0 Å². The van der Waals surface area contributed by atoms with Gasteiger partial charge in [-0.1, -0.05) is 6.07 Å². The molecule has 1 saturated heterocycles. The van der Waals surface area contributed by atoms with E-state index in [1.165, 1.54) is 12.7 Å². The molecular formula is C20H23N7O. The maximum Gasteiger partial charge on any atom is 0.229 e. The Morgan fingerprint density at radius 3 is 2.61 bits per heavy atom. The largest absolute Gasteiger partial charge is 0.356 e. The molecule has 3 heterocycles. The third-order valence-corrected chi connectivity index (χ3v) is 4.90. The van der Waals surface area contributed by atoms with Gasteiger partial charge in [-0.25, -0.2) is 19.6 Å². The van der Waals surface area contributed by atoms with E-state index in [0.717, 1.165) is 42.0 Å². The summed E-state index contributed by atoms with van der Waals surface area (Å²) in [5.41, 5.74) is 3.14. The normalized spacial score (nSPS) is 16.8. The maximum absolute atomic E-state index is 12.8. The molecule has 0 aliphatic carbocycles. The van der Waals surface area contributed by atoms with Crippen LogP contribution < -0.4 is 10.2 Å². The fourth-order valence-corrected chi connectivity index (χ4v) is 3.65. The second-order valence-corrected chi connectivity index (χ2v) is 7.23. The van der Waals surface area contributed by atoms with Crippen molar-refractivity contribution in [2.75, 3.05) is 23.3 Å². The second kappa shape index (κ2) is 7.75. The molecular weight excluding hydrogens is 354 g/mol. The number of hydrogen-bond donors (Lipinski definition) is 1. The number of nitrogens with one attached hydrogen (secondary N) is 1. The molecule has 1 aliphatic rings. The van der Waals surface area contributed by atoms with Crippen molar-refractivity contribution in [3.05, 3.63) is 54.4 Å². The number of nitrogens with zero attached hydrogens (tertiary/aromatic N) is 6. The summed E-state index contributed by atoms with van der Waals surface area (Å²) in [5.74, 6) is 1.42. The highest BCUT2D eigenvalue weighted by atomic mass is 16.1. The zero-order valence-corrected chi connectivity index (χ0v) is 16.0. The third-order valence-electron chi connectivity index (χ3n) is 4.90. The van der Waals surface area contributed by atoms with Crippen LogP contribution in [0.25, 0.3) is 5.82 Å². The molecule has 1 amide bonds. The fourth-order valence-electron chi connectivity index (χ4n) is 3.65. The van der Waals surface area contributed by atoms with Crippen LogP contribution in [0.2, 0.25) is 0 Å². The molecule has 28 heavy (non-hydrogen) atoms. The molecule has 1 fully saturated rings. The van der Waals surface area contributed by atoms with Crippen molar-refractivity contribution in [3.63, 3.8) is 0 Å². The number of aryl methyl sites for hydroxylation is 2. The average Bonchev–Trinajstić information content (AvgIpc) is 3.22. The van der Waals surface area contributed by atoms with Crippen molar-refractivity contribution in [1.82, 2.24) is 24.7 Å². The molecule has 0 saturated carbocycles. The summed E-state index contributed by atoms with van der Waals surface area (Å²) in [4.78, 5) is 27.6. The maximum atomic E-state index is 12.8. The van der Waals surface area contributed by atoms with Crippen LogP contribution in [0, 0.1) is 19.8 Å². The Labute approximate surface area is 163 Å². The summed E-state index contributed by atoms with van der Waals surface area (Å²) in [5, 5.41) is 7.19. The molecule has 8 nitrogen and oxygen atoms in total. The van der Waals surface area contributed by atoms with Crippen molar-refractivity contribution in [3.8, 4) is 5.82 Å². The van der Waals surface area contributed by atoms with Crippen molar-refractivity contribution in [2.45, 2.75) is 26.7 Å². The van der Waals surface area contributed by atoms with E-state index < -0.39 is 0 Å². The lowest BCUT2D eigenvalue weighted by Crippen LogP contribution is -2.41. The van der Waals surface area contributed by atoms with Gasteiger partial charge in [0.2, 0.25) is 5.91 Å². The van der Waals surface area contributed by atoms with Crippen LogP contribution in [0.4, 0.5) is 11.5 Å². The minimum Gasteiger partial charge on any atom is -0.356 e. The second-order valence-electron chi connectivity index (χ2n) is 7.23. The van der Waals surface area contributed by atoms with Gasteiger partial charge in [0.1, 0.15) is 24.8 Å².